The fourth-order valence-corrected chi connectivity index (χ4v) is 2.87. The van der Waals surface area contributed by atoms with Crippen molar-refractivity contribution in [2.24, 2.45) is 5.92 Å². The molecular formula is C18H28ClN3O2. The highest BCUT2D eigenvalue weighted by Gasteiger charge is 2.26. The number of nitrogens with one attached hydrogen (secondary N) is 1. The van der Waals surface area contributed by atoms with Gasteiger partial charge in [-0.2, -0.15) is 0 Å². The highest BCUT2D eigenvalue weighted by Crippen LogP contribution is 2.10. The van der Waals surface area contributed by atoms with Gasteiger partial charge in [-0.25, -0.2) is 0 Å². The molecule has 1 atom stereocenters. The van der Waals surface area contributed by atoms with Crippen molar-refractivity contribution in [2.75, 3.05) is 39.8 Å². The minimum atomic E-state index is -0.0187. The second-order valence-electron chi connectivity index (χ2n) is 6.33. The number of benzene rings is 1. The molecule has 1 aliphatic heterocycles. The van der Waals surface area contributed by atoms with Crippen LogP contribution in [0.15, 0.2) is 24.3 Å². The fourth-order valence-electron chi connectivity index (χ4n) is 2.87. The molecule has 24 heavy (non-hydrogen) atoms. The zero-order valence-electron chi connectivity index (χ0n) is 14.7. The Bertz CT molecular complexity index is 540. The third-order valence-corrected chi connectivity index (χ3v) is 4.35. The first-order chi connectivity index (χ1) is 11.0. The molecule has 0 radical (unpaired) electrons. The van der Waals surface area contributed by atoms with Gasteiger partial charge in [-0.3, -0.25) is 9.59 Å². The molecule has 2 rings (SSSR count). The molecule has 1 aromatic carbocycles. The standard InChI is InChI=1S/C18H27N3O2.ClH/c1-14-4-6-16(7-5-14)12-17(22)20-8-10-21(11-9-20)18(23)15(2)13-19-3;/h4-7,15,19H,8-13H2,1-3H3;1H. The van der Waals surface area contributed by atoms with E-state index in [0.717, 1.165) is 5.56 Å². The van der Waals surface area contributed by atoms with Crippen LogP contribution < -0.4 is 5.32 Å². The van der Waals surface area contributed by atoms with Gasteiger partial charge in [0.1, 0.15) is 0 Å². The number of piperazine rings is 1. The van der Waals surface area contributed by atoms with Gasteiger partial charge in [0.2, 0.25) is 11.8 Å². The summed E-state index contributed by atoms with van der Waals surface area (Å²) in [5.74, 6) is 0.295. The first-order valence-corrected chi connectivity index (χ1v) is 8.28. The summed E-state index contributed by atoms with van der Waals surface area (Å²) in [6, 6.07) is 8.07. The molecule has 1 aliphatic rings. The molecule has 0 aromatic heterocycles. The SMILES string of the molecule is CNCC(C)C(=O)N1CCN(C(=O)Cc2ccc(C)cc2)CC1.Cl. The Morgan fingerprint density at radius 1 is 1.08 bits per heavy atom. The average molecular weight is 354 g/mol. The number of carbonyl (C=O) groups is 2. The summed E-state index contributed by atoms with van der Waals surface area (Å²) in [6.07, 6.45) is 0.435. The highest BCUT2D eigenvalue weighted by molar-refractivity contribution is 5.85. The monoisotopic (exact) mass is 353 g/mol. The number of halogens is 1. The summed E-state index contributed by atoms with van der Waals surface area (Å²) < 4.78 is 0. The molecule has 1 saturated heterocycles. The molecule has 1 fully saturated rings. The Kier molecular flexibility index (Phi) is 8.22. The number of amides is 2. The van der Waals surface area contributed by atoms with Gasteiger partial charge >= 0.3 is 0 Å². The van der Waals surface area contributed by atoms with Crippen LogP contribution in [0.1, 0.15) is 18.1 Å². The lowest BCUT2D eigenvalue weighted by atomic mass is 10.1. The van der Waals surface area contributed by atoms with Gasteiger partial charge in [-0.15, -0.1) is 12.4 Å². The van der Waals surface area contributed by atoms with Crippen molar-refractivity contribution >= 4 is 24.2 Å². The van der Waals surface area contributed by atoms with E-state index in [4.69, 9.17) is 0 Å². The van der Waals surface area contributed by atoms with Crippen LogP contribution in [0.4, 0.5) is 0 Å². The van der Waals surface area contributed by atoms with Crippen LogP contribution >= 0.6 is 12.4 Å². The van der Waals surface area contributed by atoms with Crippen LogP contribution in [-0.4, -0.2) is 61.4 Å². The maximum atomic E-state index is 12.4. The summed E-state index contributed by atoms with van der Waals surface area (Å²) in [5.41, 5.74) is 2.24. The Labute approximate surface area is 150 Å². The number of carbonyl (C=O) groups excluding carboxylic acids is 2. The van der Waals surface area contributed by atoms with Gasteiger partial charge in [-0.05, 0) is 19.5 Å². The first-order valence-electron chi connectivity index (χ1n) is 8.28. The molecule has 2 amide bonds. The molecule has 0 bridgehead atoms. The summed E-state index contributed by atoms with van der Waals surface area (Å²) >= 11 is 0. The summed E-state index contributed by atoms with van der Waals surface area (Å²) in [4.78, 5) is 28.4. The van der Waals surface area contributed by atoms with Crippen molar-refractivity contribution in [3.63, 3.8) is 0 Å². The van der Waals surface area contributed by atoms with E-state index in [2.05, 4.69) is 5.32 Å². The molecular weight excluding hydrogens is 326 g/mol. The second kappa shape index (κ2) is 9.64. The topological polar surface area (TPSA) is 52.7 Å². The van der Waals surface area contributed by atoms with Crippen molar-refractivity contribution in [3.8, 4) is 0 Å². The molecule has 1 aromatic rings. The first kappa shape index (κ1) is 20.5. The number of rotatable bonds is 5. The Morgan fingerprint density at radius 3 is 2.17 bits per heavy atom. The van der Waals surface area contributed by atoms with E-state index in [1.54, 1.807) is 0 Å². The van der Waals surface area contributed by atoms with Crippen LogP contribution in [-0.2, 0) is 16.0 Å². The number of aryl methyl sites for hydroxylation is 1. The third-order valence-electron chi connectivity index (χ3n) is 4.35. The fraction of sp³-hybridized carbons (Fsp3) is 0.556. The molecule has 0 saturated carbocycles. The number of nitrogens with zero attached hydrogens (tertiary/aromatic N) is 2. The van der Waals surface area contributed by atoms with E-state index in [0.29, 0.717) is 39.1 Å². The molecule has 6 heteroatoms. The molecule has 5 nitrogen and oxygen atoms in total. The average Bonchev–Trinajstić information content (AvgIpc) is 2.56. The van der Waals surface area contributed by atoms with Gasteiger partial charge < -0.3 is 15.1 Å². The molecule has 0 spiro atoms. The smallest absolute Gasteiger partial charge is 0.227 e. The zero-order valence-corrected chi connectivity index (χ0v) is 15.6. The lowest BCUT2D eigenvalue weighted by Gasteiger charge is -2.36. The van der Waals surface area contributed by atoms with Crippen molar-refractivity contribution in [1.29, 1.82) is 0 Å². The quantitative estimate of drug-likeness (QED) is 0.872. The van der Waals surface area contributed by atoms with Gasteiger partial charge in [0, 0.05) is 38.6 Å². The van der Waals surface area contributed by atoms with E-state index in [1.807, 2.05) is 55.0 Å². The highest BCUT2D eigenvalue weighted by atomic mass is 35.5. The summed E-state index contributed by atoms with van der Waals surface area (Å²) in [5, 5.41) is 3.03. The van der Waals surface area contributed by atoms with E-state index < -0.39 is 0 Å². The zero-order chi connectivity index (χ0) is 16.8. The maximum Gasteiger partial charge on any atom is 0.227 e. The molecule has 134 valence electrons. The van der Waals surface area contributed by atoms with Gasteiger partial charge in [0.25, 0.3) is 0 Å². The van der Waals surface area contributed by atoms with E-state index in [9.17, 15) is 9.59 Å². The third kappa shape index (κ3) is 5.49. The lowest BCUT2D eigenvalue weighted by molar-refractivity contribution is -0.141. The van der Waals surface area contributed by atoms with E-state index >= 15 is 0 Å². The largest absolute Gasteiger partial charge is 0.339 e. The Morgan fingerprint density at radius 2 is 1.62 bits per heavy atom. The normalized spacial score (nSPS) is 15.6. The van der Waals surface area contributed by atoms with Crippen LogP contribution in [0.2, 0.25) is 0 Å². The lowest BCUT2D eigenvalue weighted by Crippen LogP contribution is -2.52. The molecule has 0 aliphatic carbocycles. The van der Waals surface area contributed by atoms with Crippen LogP contribution in [0, 0.1) is 12.8 Å². The van der Waals surface area contributed by atoms with E-state index in [-0.39, 0.29) is 30.1 Å². The van der Waals surface area contributed by atoms with Crippen LogP contribution in [0.25, 0.3) is 0 Å². The Hall–Kier alpha value is -1.59. The second-order valence-corrected chi connectivity index (χ2v) is 6.33. The minimum absolute atomic E-state index is 0. The molecule has 1 heterocycles. The van der Waals surface area contributed by atoms with Gasteiger partial charge in [-0.1, -0.05) is 36.8 Å². The summed E-state index contributed by atoms with van der Waals surface area (Å²) in [6.45, 7) is 7.18. The van der Waals surface area contributed by atoms with E-state index in [1.165, 1.54) is 5.56 Å². The van der Waals surface area contributed by atoms with Crippen LogP contribution in [0.5, 0.6) is 0 Å². The molecule has 1 N–H and O–H groups in total. The van der Waals surface area contributed by atoms with Gasteiger partial charge in [0.05, 0.1) is 6.42 Å². The van der Waals surface area contributed by atoms with Crippen molar-refractivity contribution in [2.45, 2.75) is 20.3 Å². The van der Waals surface area contributed by atoms with Crippen molar-refractivity contribution < 1.29 is 9.59 Å². The predicted octanol–water partition coefficient (Wildman–Crippen LogP) is 1.49. The number of hydrogen-bond acceptors (Lipinski definition) is 3. The summed E-state index contributed by atoms with van der Waals surface area (Å²) in [7, 11) is 1.85. The Balaban J connectivity index is 0.00000288. The van der Waals surface area contributed by atoms with Crippen LogP contribution in [0.3, 0.4) is 0 Å². The molecule has 1 unspecified atom stereocenters. The maximum absolute atomic E-state index is 12.4. The van der Waals surface area contributed by atoms with Gasteiger partial charge in [0.15, 0.2) is 0 Å². The van der Waals surface area contributed by atoms with Crippen molar-refractivity contribution in [3.05, 3.63) is 35.4 Å². The minimum Gasteiger partial charge on any atom is -0.339 e. The predicted molar refractivity (Wildman–Crippen MR) is 98.4 cm³/mol. The number of hydrogen-bond donors (Lipinski definition) is 1. The van der Waals surface area contributed by atoms with Crippen molar-refractivity contribution in [1.82, 2.24) is 15.1 Å².